The highest BCUT2D eigenvalue weighted by Gasteiger charge is 2.66. The van der Waals surface area contributed by atoms with Gasteiger partial charge in [-0.05, 0) is 41.9 Å². The average molecular weight is 469 g/mol. The number of hydrogen-bond donors (Lipinski definition) is 1. The van der Waals surface area contributed by atoms with Gasteiger partial charge in [0, 0.05) is 0 Å². The summed E-state index contributed by atoms with van der Waals surface area (Å²) < 4.78 is 73.5. The SMILES string of the molecule is CCOP(=O)(O)C(F)(Br)P(=O)(OCC)OS(=O)(=O)c1ccccc1. The van der Waals surface area contributed by atoms with Gasteiger partial charge in [-0.2, -0.15) is 12.4 Å². The molecule has 13 heteroatoms. The van der Waals surface area contributed by atoms with Crippen LogP contribution in [0.2, 0.25) is 0 Å². The number of halogens is 2. The van der Waals surface area contributed by atoms with Gasteiger partial charge in [0.2, 0.25) is 0 Å². The molecule has 0 bridgehead atoms. The van der Waals surface area contributed by atoms with E-state index >= 15 is 0 Å². The zero-order valence-electron chi connectivity index (χ0n) is 12.7. The van der Waals surface area contributed by atoms with Crippen LogP contribution in [0.25, 0.3) is 0 Å². The fraction of sp³-hybridized carbons (Fsp3) is 0.455. The second-order valence-electron chi connectivity index (χ2n) is 4.20. The van der Waals surface area contributed by atoms with E-state index in [0.29, 0.717) is 0 Å². The van der Waals surface area contributed by atoms with Crippen molar-refractivity contribution in [2.75, 3.05) is 13.2 Å². The van der Waals surface area contributed by atoms with Crippen molar-refractivity contribution in [1.82, 2.24) is 0 Å². The molecule has 0 heterocycles. The molecule has 24 heavy (non-hydrogen) atoms. The Morgan fingerprint density at radius 2 is 1.67 bits per heavy atom. The molecule has 1 rings (SSSR count). The molecule has 1 aromatic rings. The third kappa shape index (κ3) is 4.53. The first kappa shape index (κ1) is 21.9. The van der Waals surface area contributed by atoms with E-state index in [1.165, 1.54) is 32.0 Å². The van der Waals surface area contributed by atoms with E-state index in [0.717, 1.165) is 12.1 Å². The van der Waals surface area contributed by atoms with Gasteiger partial charge >= 0.3 is 29.4 Å². The Balaban J connectivity index is 3.36. The van der Waals surface area contributed by atoms with Crippen LogP contribution in [0.5, 0.6) is 0 Å². The second kappa shape index (κ2) is 8.05. The highest BCUT2D eigenvalue weighted by molar-refractivity contribution is 9.12. The fourth-order valence-electron chi connectivity index (χ4n) is 1.48. The van der Waals surface area contributed by atoms with Gasteiger partial charge in [-0.3, -0.25) is 9.13 Å². The first-order valence-corrected chi connectivity index (χ1v) is 11.9. The minimum absolute atomic E-state index is 0.400. The molecule has 3 unspecified atom stereocenters. The quantitative estimate of drug-likeness (QED) is 0.429. The van der Waals surface area contributed by atoms with Gasteiger partial charge in [-0.15, -0.1) is 0 Å². The Morgan fingerprint density at radius 3 is 2.12 bits per heavy atom. The van der Waals surface area contributed by atoms with Crippen molar-refractivity contribution in [3.05, 3.63) is 30.3 Å². The maximum Gasteiger partial charge on any atom is 0.406 e. The van der Waals surface area contributed by atoms with Crippen LogP contribution in [0.3, 0.4) is 0 Å². The predicted molar refractivity (Wildman–Crippen MR) is 88.2 cm³/mol. The van der Waals surface area contributed by atoms with E-state index in [2.05, 4.69) is 28.9 Å². The van der Waals surface area contributed by atoms with Gasteiger partial charge in [-0.1, -0.05) is 18.2 Å². The molecule has 0 aromatic heterocycles. The Hall–Kier alpha value is -0.120. The lowest BCUT2D eigenvalue weighted by atomic mass is 10.4. The van der Waals surface area contributed by atoms with Gasteiger partial charge < -0.3 is 13.9 Å². The summed E-state index contributed by atoms with van der Waals surface area (Å²) >= 11 is 2.17. The number of alkyl halides is 2. The predicted octanol–water partition coefficient (Wildman–Crippen LogP) is 3.82. The molecule has 138 valence electrons. The second-order valence-corrected chi connectivity index (χ2v) is 12.6. The fourth-order valence-corrected chi connectivity index (χ4v) is 7.91. The molecule has 0 aliphatic rings. The Kier molecular flexibility index (Phi) is 7.36. The molecule has 0 fully saturated rings. The number of benzene rings is 1. The topological polar surface area (TPSA) is 116 Å². The molecule has 0 saturated carbocycles. The largest absolute Gasteiger partial charge is 0.406 e. The molecule has 0 spiro atoms. The monoisotopic (exact) mass is 468 g/mol. The lowest BCUT2D eigenvalue weighted by Gasteiger charge is -2.29. The van der Waals surface area contributed by atoms with Gasteiger partial charge in [0.25, 0.3) is 0 Å². The summed E-state index contributed by atoms with van der Waals surface area (Å²) in [5, 5.41) is 0. The minimum Gasteiger partial charge on any atom is -0.321 e. The summed E-state index contributed by atoms with van der Waals surface area (Å²) in [5.41, 5.74) is 0. The van der Waals surface area contributed by atoms with Gasteiger partial charge in [-0.25, -0.2) is 4.39 Å². The van der Waals surface area contributed by atoms with E-state index < -0.39 is 47.5 Å². The van der Waals surface area contributed by atoms with E-state index in [9.17, 15) is 26.8 Å². The summed E-state index contributed by atoms with van der Waals surface area (Å²) in [6, 6.07) is 6.45. The van der Waals surface area contributed by atoms with Crippen molar-refractivity contribution in [1.29, 1.82) is 0 Å². The van der Waals surface area contributed by atoms with Gasteiger partial charge in [0.15, 0.2) is 0 Å². The maximum absolute atomic E-state index is 14.8. The summed E-state index contributed by atoms with van der Waals surface area (Å²) in [6.45, 7) is 1.71. The van der Waals surface area contributed by atoms with Crippen molar-refractivity contribution < 1.29 is 39.8 Å². The number of rotatable bonds is 9. The van der Waals surface area contributed by atoms with E-state index in [-0.39, 0.29) is 0 Å². The van der Waals surface area contributed by atoms with E-state index in [1.54, 1.807) is 0 Å². The van der Waals surface area contributed by atoms with Crippen LogP contribution >= 0.6 is 31.1 Å². The molecule has 0 saturated heterocycles. The molecular formula is C11H16BrFO8P2S. The molecule has 1 aromatic carbocycles. The Morgan fingerprint density at radius 1 is 1.17 bits per heavy atom. The average Bonchev–Trinajstić information content (AvgIpc) is 2.47. The van der Waals surface area contributed by atoms with Crippen LogP contribution in [0, 0.1) is 0 Å². The summed E-state index contributed by atoms with van der Waals surface area (Å²) in [7, 11) is -15.3. The van der Waals surface area contributed by atoms with Crippen LogP contribution in [0.1, 0.15) is 13.8 Å². The van der Waals surface area contributed by atoms with Crippen molar-refractivity contribution in [3.63, 3.8) is 0 Å². The van der Waals surface area contributed by atoms with E-state index in [4.69, 9.17) is 0 Å². The number of hydrogen-bond acceptors (Lipinski definition) is 7. The summed E-state index contributed by atoms with van der Waals surface area (Å²) in [6.07, 6.45) is 0. The molecular weight excluding hydrogens is 453 g/mol. The molecule has 0 radical (unpaired) electrons. The molecule has 0 aliphatic carbocycles. The molecule has 0 aliphatic heterocycles. The first-order valence-electron chi connectivity index (χ1n) is 6.54. The van der Waals surface area contributed by atoms with E-state index in [1.807, 2.05) is 0 Å². The molecule has 3 atom stereocenters. The molecule has 8 nitrogen and oxygen atoms in total. The third-order valence-electron chi connectivity index (χ3n) is 2.50. The van der Waals surface area contributed by atoms with Crippen molar-refractivity contribution in [2.24, 2.45) is 0 Å². The van der Waals surface area contributed by atoms with Crippen LogP contribution in [-0.4, -0.2) is 30.6 Å². The summed E-state index contributed by atoms with van der Waals surface area (Å²) in [4.78, 5) is 9.22. The molecule has 1 N–H and O–H groups in total. The van der Waals surface area contributed by atoms with Crippen molar-refractivity contribution in [3.8, 4) is 0 Å². The smallest absolute Gasteiger partial charge is 0.321 e. The lowest BCUT2D eigenvalue weighted by Crippen LogP contribution is -2.22. The first-order chi connectivity index (χ1) is 10.9. The van der Waals surface area contributed by atoms with Crippen LogP contribution in [-0.2, 0) is 32.3 Å². The molecule has 0 amide bonds. The van der Waals surface area contributed by atoms with Gasteiger partial charge in [0.1, 0.15) is 0 Å². The van der Waals surface area contributed by atoms with Gasteiger partial charge in [0.05, 0.1) is 18.1 Å². The van der Waals surface area contributed by atoms with Crippen LogP contribution in [0.15, 0.2) is 35.2 Å². The maximum atomic E-state index is 14.8. The minimum atomic E-state index is -5.34. The van der Waals surface area contributed by atoms with Crippen LogP contribution in [0.4, 0.5) is 4.39 Å². The lowest BCUT2D eigenvalue weighted by molar-refractivity contribution is 0.216. The zero-order chi connectivity index (χ0) is 18.6. The highest BCUT2D eigenvalue weighted by atomic mass is 79.9. The zero-order valence-corrected chi connectivity index (χ0v) is 16.9. The highest BCUT2D eigenvalue weighted by Crippen LogP contribution is 2.80. The van der Waals surface area contributed by atoms with Crippen molar-refractivity contribution >= 4 is 41.2 Å². The standard InChI is InChI=1S/C11H16BrFO8P2S/c1-3-19-22(14,15)11(12,13)23(16,20-4-2)21-24(17,18)10-8-6-5-7-9-10/h5-9H,3-4H2,1-2H3,(H,14,15). The Bertz CT molecular complexity index is 755. The Labute approximate surface area is 147 Å². The van der Waals surface area contributed by atoms with Crippen molar-refractivity contribution in [2.45, 2.75) is 22.8 Å². The normalized spacial score (nSPS) is 19.9. The summed E-state index contributed by atoms with van der Waals surface area (Å²) in [5.74, 6) is 0. The third-order valence-corrected chi connectivity index (χ3v) is 11.6. The van der Waals surface area contributed by atoms with Crippen LogP contribution < -0.4 is 0 Å².